The van der Waals surface area contributed by atoms with Crippen molar-refractivity contribution in [3.8, 4) is 33.4 Å². The molecule has 0 radical (unpaired) electrons. The number of para-hydroxylation sites is 1. The van der Waals surface area contributed by atoms with E-state index in [1.54, 1.807) is 6.08 Å². The Morgan fingerprint density at radius 1 is 0.644 bits per heavy atom. The molecule has 2 aliphatic rings. The van der Waals surface area contributed by atoms with E-state index in [9.17, 15) is 0 Å². The van der Waals surface area contributed by atoms with E-state index in [2.05, 4.69) is 192 Å². The molecule has 1 nitrogen and oxygen atoms in total. The van der Waals surface area contributed by atoms with Crippen LogP contribution in [0, 0.1) is 0 Å². The first-order valence-corrected chi connectivity index (χ1v) is 20.6. The van der Waals surface area contributed by atoms with Gasteiger partial charge in [0.25, 0.3) is 0 Å². The van der Waals surface area contributed by atoms with Crippen LogP contribution in [0.2, 0.25) is 0 Å². The fraction of sp³-hybridized carbons (Fsp3) is 0.138. The first-order valence-electron chi connectivity index (χ1n) is 20.6. The van der Waals surface area contributed by atoms with Gasteiger partial charge >= 0.3 is 0 Å². The largest absolute Gasteiger partial charge is 0.354 e. The van der Waals surface area contributed by atoms with Crippen LogP contribution in [-0.2, 0) is 10.8 Å². The summed E-state index contributed by atoms with van der Waals surface area (Å²) in [6, 6.07) is 47.7. The maximum Gasteiger partial charge on any atom is 0.0471 e. The highest BCUT2D eigenvalue weighted by Crippen LogP contribution is 2.55. The lowest BCUT2D eigenvalue weighted by atomic mass is 9.78. The van der Waals surface area contributed by atoms with Gasteiger partial charge in [-0.15, -0.1) is 0 Å². The van der Waals surface area contributed by atoms with Crippen molar-refractivity contribution in [2.45, 2.75) is 52.4 Å². The maximum absolute atomic E-state index is 3.65. The van der Waals surface area contributed by atoms with Crippen LogP contribution in [0.3, 0.4) is 0 Å². The molecule has 0 aliphatic heterocycles. The number of hydrogen-bond donors (Lipinski definition) is 1. The summed E-state index contributed by atoms with van der Waals surface area (Å²) in [5.74, 6) is 0. The van der Waals surface area contributed by atoms with Crippen molar-refractivity contribution >= 4 is 43.4 Å². The van der Waals surface area contributed by atoms with Crippen LogP contribution in [0.15, 0.2) is 199 Å². The van der Waals surface area contributed by atoms with Crippen LogP contribution in [0.5, 0.6) is 0 Å². The first-order chi connectivity index (χ1) is 28.5. The molecular weight excluding hydrogens is 711 g/mol. The number of H-pyrrole nitrogens is 1. The molecule has 7 aromatic carbocycles. The molecule has 0 saturated carbocycles. The summed E-state index contributed by atoms with van der Waals surface area (Å²) in [6.45, 7) is 17.5. The SMILES string of the molecule is C=C/C=C\C=C(/C)C1=CC=C=C=C1.CC(C)(C)c1cc(-c2ccc3c(c2)C(C)(C)c2c-3c3ccccc3c3ccccc23)cc(-c2cccc3[nH]c4ccccc4c23)c1. The zero-order valence-electron chi connectivity index (χ0n) is 34.9. The van der Waals surface area contributed by atoms with Gasteiger partial charge in [0.15, 0.2) is 0 Å². The van der Waals surface area contributed by atoms with Gasteiger partial charge in [-0.2, -0.15) is 0 Å². The lowest BCUT2D eigenvalue weighted by Gasteiger charge is -2.25. The van der Waals surface area contributed by atoms with Crippen LogP contribution < -0.4 is 0 Å². The molecule has 1 heterocycles. The Balaban J connectivity index is 0.000000297. The highest BCUT2D eigenvalue weighted by atomic mass is 14.7. The zero-order chi connectivity index (χ0) is 40.9. The molecule has 0 amide bonds. The molecule has 0 fully saturated rings. The van der Waals surface area contributed by atoms with E-state index in [4.69, 9.17) is 0 Å². The maximum atomic E-state index is 3.65. The fourth-order valence-corrected chi connectivity index (χ4v) is 9.16. The van der Waals surface area contributed by atoms with Gasteiger partial charge in [-0.1, -0.05) is 180 Å². The molecule has 0 spiro atoms. The molecule has 10 rings (SSSR count). The van der Waals surface area contributed by atoms with E-state index in [0.29, 0.717) is 0 Å². The van der Waals surface area contributed by atoms with Gasteiger partial charge in [0.2, 0.25) is 0 Å². The molecule has 2 aliphatic carbocycles. The molecule has 8 aromatic rings. The Labute approximate surface area is 348 Å². The second kappa shape index (κ2) is 14.8. The minimum absolute atomic E-state index is 0.00291. The molecule has 0 unspecified atom stereocenters. The second-order valence-corrected chi connectivity index (χ2v) is 17.4. The van der Waals surface area contributed by atoms with Crippen LogP contribution >= 0.6 is 0 Å². The Hall–Kier alpha value is -6.88. The monoisotopic (exact) mass is 759 g/mol. The van der Waals surface area contributed by atoms with Gasteiger partial charge in [-0.3, -0.25) is 0 Å². The van der Waals surface area contributed by atoms with E-state index in [1.807, 2.05) is 36.5 Å². The number of rotatable bonds is 5. The summed E-state index contributed by atoms with van der Waals surface area (Å²) in [4.78, 5) is 3.65. The smallest absolute Gasteiger partial charge is 0.0471 e. The average Bonchev–Trinajstić information content (AvgIpc) is 3.76. The number of nitrogens with one attached hydrogen (secondary N) is 1. The number of aromatic nitrogens is 1. The topological polar surface area (TPSA) is 15.8 Å². The summed E-state index contributed by atoms with van der Waals surface area (Å²) in [7, 11) is 0. The van der Waals surface area contributed by atoms with Crippen LogP contribution in [0.25, 0.3) is 76.7 Å². The van der Waals surface area contributed by atoms with Crippen molar-refractivity contribution in [3.05, 3.63) is 216 Å². The lowest BCUT2D eigenvalue weighted by Crippen LogP contribution is -2.15. The third-order valence-electron chi connectivity index (χ3n) is 12.2. The summed E-state index contributed by atoms with van der Waals surface area (Å²) in [6.07, 6.45) is 13.5. The molecule has 1 N–H and O–H groups in total. The van der Waals surface area contributed by atoms with E-state index in [-0.39, 0.29) is 10.8 Å². The van der Waals surface area contributed by atoms with Gasteiger partial charge in [0.05, 0.1) is 0 Å². The third-order valence-corrected chi connectivity index (χ3v) is 12.2. The van der Waals surface area contributed by atoms with Crippen molar-refractivity contribution in [3.63, 3.8) is 0 Å². The first kappa shape index (κ1) is 37.7. The third kappa shape index (κ3) is 6.66. The van der Waals surface area contributed by atoms with Crippen molar-refractivity contribution in [2.75, 3.05) is 0 Å². The Bertz CT molecular complexity index is 3200. The van der Waals surface area contributed by atoms with Crippen molar-refractivity contribution in [1.29, 1.82) is 0 Å². The Kier molecular flexibility index (Phi) is 9.46. The predicted octanol–water partition coefficient (Wildman–Crippen LogP) is 16.0. The Morgan fingerprint density at radius 2 is 1.32 bits per heavy atom. The number of aromatic amines is 1. The summed E-state index contributed by atoms with van der Waals surface area (Å²) < 4.78 is 0. The highest BCUT2D eigenvalue weighted by molar-refractivity contribution is 6.18. The highest BCUT2D eigenvalue weighted by Gasteiger charge is 2.38. The van der Waals surface area contributed by atoms with Crippen LogP contribution in [0.1, 0.15) is 58.2 Å². The van der Waals surface area contributed by atoms with E-state index < -0.39 is 0 Å². The van der Waals surface area contributed by atoms with Crippen molar-refractivity contribution in [1.82, 2.24) is 4.98 Å². The molecule has 1 aromatic heterocycles. The molecule has 59 heavy (non-hydrogen) atoms. The quantitative estimate of drug-likeness (QED) is 0.102. The number of hydrogen-bond acceptors (Lipinski definition) is 0. The lowest BCUT2D eigenvalue weighted by molar-refractivity contribution is 0.590. The molecule has 0 saturated heterocycles. The summed E-state index contributed by atoms with van der Waals surface area (Å²) in [5.41, 5.74) is 22.4. The Morgan fingerprint density at radius 3 is 2.05 bits per heavy atom. The molecular formula is C58H49N. The van der Waals surface area contributed by atoms with Crippen LogP contribution in [0.4, 0.5) is 0 Å². The number of fused-ring (bicyclic) bond motifs is 11. The van der Waals surface area contributed by atoms with Gasteiger partial charge in [0, 0.05) is 27.2 Å². The standard InChI is InChI=1S/C45H37N.C13H12/c1-44(2,3)30-24-28(23-29(25-30)31-18-12-20-40-41(31)37-17-10-11-19-39(37)46-40)27-21-22-36-38(26-27)45(4,5)43-35-16-9-7-14-33(35)32-13-6-8-15-34(32)42(36)43;1-3-4-6-9-12(2)13-10-7-5-8-11-13/h6-26,46H,1-5H3;3-4,6-7,9-11H,1H2,2H3/b;6-4-,12-9+. The molecule has 1 heteroatoms. The minimum atomic E-state index is -0.135. The van der Waals surface area contributed by atoms with Crippen molar-refractivity contribution < 1.29 is 0 Å². The number of benzene rings is 7. The normalized spacial score (nSPS) is 14.2. The van der Waals surface area contributed by atoms with Crippen molar-refractivity contribution in [2.24, 2.45) is 0 Å². The van der Waals surface area contributed by atoms with Gasteiger partial charge < -0.3 is 4.98 Å². The van der Waals surface area contributed by atoms with Gasteiger partial charge in [-0.05, 0) is 138 Å². The van der Waals surface area contributed by atoms with Crippen LogP contribution in [-0.4, -0.2) is 4.98 Å². The molecule has 0 bridgehead atoms. The predicted molar refractivity (Wildman–Crippen MR) is 255 cm³/mol. The zero-order valence-corrected chi connectivity index (χ0v) is 34.9. The summed E-state index contributed by atoms with van der Waals surface area (Å²) in [5, 5.41) is 7.94. The van der Waals surface area contributed by atoms with Gasteiger partial charge in [-0.25, -0.2) is 0 Å². The minimum Gasteiger partial charge on any atom is -0.354 e. The van der Waals surface area contributed by atoms with E-state index in [0.717, 1.165) is 0 Å². The molecule has 286 valence electrons. The fourth-order valence-electron chi connectivity index (χ4n) is 9.16. The van der Waals surface area contributed by atoms with Gasteiger partial charge in [0.1, 0.15) is 0 Å². The van der Waals surface area contributed by atoms with E-state index in [1.165, 1.54) is 105 Å². The summed E-state index contributed by atoms with van der Waals surface area (Å²) >= 11 is 0. The molecule has 0 atom stereocenters. The van der Waals surface area contributed by atoms with E-state index >= 15 is 0 Å². The number of allylic oxidation sites excluding steroid dienone is 9. The second-order valence-electron chi connectivity index (χ2n) is 17.4. The average molecular weight is 760 g/mol.